The second kappa shape index (κ2) is 6.82. The monoisotopic (exact) mass is 370 g/mol. The van der Waals surface area contributed by atoms with Crippen LogP contribution in [0.4, 0.5) is 13.2 Å². The number of carbonyl (C=O) groups excluding carboxylic acids is 1. The van der Waals surface area contributed by atoms with Crippen LogP contribution in [0, 0.1) is 0 Å². The molecule has 1 atom stereocenters. The van der Waals surface area contributed by atoms with Crippen LogP contribution < -0.4 is 11.1 Å². The Kier molecular flexibility index (Phi) is 5.91. The van der Waals surface area contributed by atoms with Crippen molar-refractivity contribution in [2.75, 3.05) is 12.3 Å². The summed E-state index contributed by atoms with van der Waals surface area (Å²) in [6.07, 6.45) is 0. The van der Waals surface area contributed by atoms with Gasteiger partial charge in [-0.1, -0.05) is 28.1 Å². The zero-order valence-electron chi connectivity index (χ0n) is 10.6. The van der Waals surface area contributed by atoms with Crippen LogP contribution >= 0.6 is 27.7 Å². The van der Waals surface area contributed by atoms with Gasteiger partial charge in [0, 0.05) is 16.8 Å². The summed E-state index contributed by atoms with van der Waals surface area (Å²) in [5.74, 6) is -0.756. The first-order valence-electron chi connectivity index (χ1n) is 5.67. The molecule has 1 rings (SSSR count). The number of benzene rings is 1. The van der Waals surface area contributed by atoms with Gasteiger partial charge in [-0.3, -0.25) is 4.79 Å². The predicted octanol–water partition coefficient (Wildman–Crippen LogP) is 2.99. The summed E-state index contributed by atoms with van der Waals surface area (Å²) < 4.78 is 36.7. The summed E-state index contributed by atoms with van der Waals surface area (Å²) >= 11 is 3.09. The molecule has 0 aliphatic heterocycles. The molecule has 0 fully saturated rings. The Labute approximate surface area is 127 Å². The van der Waals surface area contributed by atoms with Gasteiger partial charge in [-0.05, 0) is 36.4 Å². The number of alkyl halides is 3. The van der Waals surface area contributed by atoms with Crippen molar-refractivity contribution >= 4 is 33.6 Å². The van der Waals surface area contributed by atoms with Crippen molar-refractivity contribution < 1.29 is 18.0 Å². The molecule has 112 valence electrons. The minimum absolute atomic E-state index is 0.0909. The number of rotatable bonds is 5. The number of carbonyl (C=O) groups is 1. The van der Waals surface area contributed by atoms with Crippen LogP contribution in [0.25, 0.3) is 0 Å². The quantitative estimate of drug-likeness (QED) is 0.783. The minimum atomic E-state index is -4.29. The number of thioether (sulfide) groups is 1. The number of hydrogen-bond donors (Lipinski definition) is 2. The van der Waals surface area contributed by atoms with E-state index in [0.717, 1.165) is 4.47 Å². The molecule has 0 bridgehead atoms. The number of nitrogens with one attached hydrogen (secondary N) is 1. The third kappa shape index (κ3) is 5.34. The maximum Gasteiger partial charge on any atom is 0.441 e. The van der Waals surface area contributed by atoms with Crippen molar-refractivity contribution in [2.45, 2.75) is 18.0 Å². The minimum Gasteiger partial charge on any atom is -0.353 e. The van der Waals surface area contributed by atoms with Gasteiger partial charge in [-0.25, -0.2) is 0 Å². The molecule has 3 N–H and O–H groups in total. The molecule has 20 heavy (non-hydrogen) atoms. The van der Waals surface area contributed by atoms with Gasteiger partial charge in [0.25, 0.3) is 0 Å². The molecule has 8 heteroatoms. The van der Waals surface area contributed by atoms with Gasteiger partial charge in [0.2, 0.25) is 5.91 Å². The molecule has 0 aliphatic rings. The lowest BCUT2D eigenvalue weighted by Gasteiger charge is -2.24. The first-order chi connectivity index (χ1) is 9.13. The van der Waals surface area contributed by atoms with Gasteiger partial charge in [0.15, 0.2) is 0 Å². The van der Waals surface area contributed by atoms with Crippen LogP contribution in [-0.2, 0) is 10.3 Å². The Bertz CT molecular complexity index is 463. The van der Waals surface area contributed by atoms with Crippen molar-refractivity contribution in [3.63, 3.8) is 0 Å². The zero-order chi connectivity index (χ0) is 15.4. The lowest BCUT2D eigenvalue weighted by atomic mass is 9.92. The highest BCUT2D eigenvalue weighted by atomic mass is 79.9. The van der Waals surface area contributed by atoms with Gasteiger partial charge in [-0.15, -0.1) is 0 Å². The second-order valence-electron chi connectivity index (χ2n) is 4.26. The molecule has 0 saturated heterocycles. The Morgan fingerprint density at radius 2 is 1.90 bits per heavy atom. The molecule has 3 nitrogen and oxygen atoms in total. The Morgan fingerprint density at radius 3 is 2.40 bits per heavy atom. The van der Waals surface area contributed by atoms with E-state index in [1.807, 2.05) is 0 Å². The first-order valence-corrected chi connectivity index (χ1v) is 7.45. The molecule has 0 saturated carbocycles. The van der Waals surface area contributed by atoms with E-state index in [-0.39, 0.29) is 24.1 Å². The lowest BCUT2D eigenvalue weighted by molar-refractivity contribution is -0.126. The molecule has 1 aromatic rings. The molecule has 1 unspecified atom stereocenters. The first kappa shape index (κ1) is 17.3. The Balaban J connectivity index is 2.55. The van der Waals surface area contributed by atoms with Crippen molar-refractivity contribution in [3.8, 4) is 0 Å². The standard InChI is InChI=1S/C12H14BrF3N2OS/c1-11(17,8-2-4-9(13)5-3-8)10(19)18-6-7-20-12(14,15)16/h2-5H,6-7,17H2,1H3,(H,18,19). The molecule has 0 radical (unpaired) electrons. The van der Waals surface area contributed by atoms with Crippen LogP contribution in [0.3, 0.4) is 0 Å². The molecular formula is C12H14BrF3N2OS. The van der Waals surface area contributed by atoms with Crippen molar-refractivity contribution in [3.05, 3.63) is 34.3 Å². The fourth-order valence-electron chi connectivity index (χ4n) is 1.44. The normalized spacial score (nSPS) is 14.7. The smallest absolute Gasteiger partial charge is 0.353 e. The highest BCUT2D eigenvalue weighted by Crippen LogP contribution is 2.29. The third-order valence-corrected chi connectivity index (χ3v) is 3.83. The van der Waals surface area contributed by atoms with E-state index in [2.05, 4.69) is 21.2 Å². The van der Waals surface area contributed by atoms with Crippen molar-refractivity contribution in [1.82, 2.24) is 5.32 Å². The van der Waals surface area contributed by atoms with Crippen LogP contribution in [0.2, 0.25) is 0 Å². The van der Waals surface area contributed by atoms with Crippen LogP contribution in [0.1, 0.15) is 12.5 Å². The highest BCUT2D eigenvalue weighted by Gasteiger charge is 2.31. The second-order valence-corrected chi connectivity index (χ2v) is 6.33. The number of nitrogens with two attached hydrogens (primary N) is 1. The topological polar surface area (TPSA) is 55.1 Å². The summed E-state index contributed by atoms with van der Waals surface area (Å²) in [6, 6.07) is 6.86. The largest absolute Gasteiger partial charge is 0.441 e. The third-order valence-electron chi connectivity index (χ3n) is 2.57. The average molecular weight is 371 g/mol. The van der Waals surface area contributed by atoms with E-state index in [9.17, 15) is 18.0 Å². The lowest BCUT2D eigenvalue weighted by Crippen LogP contribution is -2.49. The van der Waals surface area contributed by atoms with Gasteiger partial charge < -0.3 is 11.1 Å². The van der Waals surface area contributed by atoms with E-state index in [1.54, 1.807) is 24.3 Å². The predicted molar refractivity (Wildman–Crippen MR) is 77.2 cm³/mol. The molecule has 0 spiro atoms. The molecule has 0 aromatic heterocycles. The molecule has 1 aromatic carbocycles. The molecule has 0 heterocycles. The highest BCUT2D eigenvalue weighted by molar-refractivity contribution is 9.10. The van der Waals surface area contributed by atoms with Crippen molar-refractivity contribution in [2.24, 2.45) is 5.73 Å². The fourth-order valence-corrected chi connectivity index (χ4v) is 2.14. The van der Waals surface area contributed by atoms with E-state index >= 15 is 0 Å². The maximum absolute atomic E-state index is 11.9. The van der Waals surface area contributed by atoms with Crippen molar-refractivity contribution in [1.29, 1.82) is 0 Å². The summed E-state index contributed by atoms with van der Waals surface area (Å²) in [5.41, 5.74) is 0.951. The van der Waals surface area contributed by atoms with Crippen LogP contribution in [0.5, 0.6) is 0 Å². The summed E-state index contributed by atoms with van der Waals surface area (Å²) in [6.45, 7) is 1.43. The van der Waals surface area contributed by atoms with Gasteiger partial charge in [0.1, 0.15) is 5.54 Å². The average Bonchev–Trinajstić information content (AvgIpc) is 2.33. The number of amides is 1. The maximum atomic E-state index is 11.9. The molecule has 0 aliphatic carbocycles. The fraction of sp³-hybridized carbons (Fsp3) is 0.417. The Hall–Kier alpha value is -0.730. The van der Waals surface area contributed by atoms with E-state index in [1.165, 1.54) is 6.92 Å². The van der Waals surface area contributed by atoms with E-state index < -0.39 is 17.0 Å². The van der Waals surface area contributed by atoms with Gasteiger partial charge >= 0.3 is 5.51 Å². The van der Waals surface area contributed by atoms with Crippen LogP contribution in [-0.4, -0.2) is 23.7 Å². The van der Waals surface area contributed by atoms with Gasteiger partial charge in [-0.2, -0.15) is 13.2 Å². The Morgan fingerprint density at radius 1 is 1.35 bits per heavy atom. The number of hydrogen-bond acceptors (Lipinski definition) is 3. The van der Waals surface area contributed by atoms with E-state index in [4.69, 9.17) is 5.73 Å². The van der Waals surface area contributed by atoms with Crippen LogP contribution in [0.15, 0.2) is 28.7 Å². The molecular weight excluding hydrogens is 357 g/mol. The molecule has 1 amide bonds. The van der Waals surface area contributed by atoms with E-state index in [0.29, 0.717) is 5.56 Å². The SMILES string of the molecule is CC(N)(C(=O)NCCSC(F)(F)F)c1ccc(Br)cc1. The zero-order valence-corrected chi connectivity index (χ0v) is 13.0. The summed E-state index contributed by atoms with van der Waals surface area (Å²) in [5, 5.41) is 2.41. The number of halogens is 4. The van der Waals surface area contributed by atoms with Gasteiger partial charge in [0.05, 0.1) is 0 Å². The summed E-state index contributed by atoms with van der Waals surface area (Å²) in [7, 11) is 0. The summed E-state index contributed by atoms with van der Waals surface area (Å²) in [4.78, 5) is 11.9.